The number of carbonyl (C=O) groups excluding carboxylic acids is 2. The molecule has 1 heterocycles. The van der Waals surface area contributed by atoms with Crippen LogP contribution < -0.4 is 14.9 Å². The number of carbonyl (C=O) groups is 2. The van der Waals surface area contributed by atoms with Gasteiger partial charge in [0.1, 0.15) is 0 Å². The third-order valence-electron chi connectivity index (χ3n) is 4.16. The van der Waals surface area contributed by atoms with Crippen molar-refractivity contribution in [1.29, 1.82) is 0 Å². The van der Waals surface area contributed by atoms with Gasteiger partial charge < -0.3 is 10.2 Å². The minimum atomic E-state index is -3.63. The summed E-state index contributed by atoms with van der Waals surface area (Å²) in [6.45, 7) is 0.667. The van der Waals surface area contributed by atoms with Crippen molar-refractivity contribution in [2.24, 2.45) is 0 Å². The number of nitrogens with zero attached hydrogens (tertiary/aromatic N) is 1. The smallest absolute Gasteiger partial charge is 0.255 e. The lowest BCUT2D eigenvalue weighted by Crippen LogP contribution is -2.23. The van der Waals surface area contributed by atoms with Crippen LogP contribution in [0.5, 0.6) is 0 Å². The van der Waals surface area contributed by atoms with Crippen molar-refractivity contribution in [1.82, 2.24) is 4.72 Å². The molecular weight excluding hydrogens is 354 g/mol. The van der Waals surface area contributed by atoms with Crippen LogP contribution in [0, 0.1) is 0 Å². The van der Waals surface area contributed by atoms with Gasteiger partial charge in [0.2, 0.25) is 15.9 Å². The van der Waals surface area contributed by atoms with Gasteiger partial charge in [0.05, 0.1) is 4.90 Å². The minimum absolute atomic E-state index is 0.0177. The van der Waals surface area contributed by atoms with Gasteiger partial charge in [-0.25, -0.2) is 13.1 Å². The lowest BCUT2D eigenvalue weighted by atomic mass is 10.2. The summed E-state index contributed by atoms with van der Waals surface area (Å²) in [5, 5.41) is 2.74. The van der Waals surface area contributed by atoms with E-state index in [2.05, 4.69) is 10.0 Å². The number of anilines is 2. The normalized spacial score (nSPS) is 14.5. The molecular formula is C18H19N3O4S. The first kappa shape index (κ1) is 18.1. The molecule has 0 unspecified atom stereocenters. The Hall–Kier alpha value is -2.71. The summed E-state index contributed by atoms with van der Waals surface area (Å²) in [6.07, 6.45) is 1.35. The Bertz CT molecular complexity index is 956. The van der Waals surface area contributed by atoms with Gasteiger partial charge in [-0.15, -0.1) is 0 Å². The largest absolute Gasteiger partial charge is 0.322 e. The summed E-state index contributed by atoms with van der Waals surface area (Å²) in [5.41, 5.74) is 1.50. The molecule has 26 heavy (non-hydrogen) atoms. The van der Waals surface area contributed by atoms with Crippen LogP contribution >= 0.6 is 0 Å². The molecule has 1 aliphatic rings. The first-order chi connectivity index (χ1) is 12.4. The fraction of sp³-hybridized carbons (Fsp3) is 0.222. The number of sulfonamides is 1. The lowest BCUT2D eigenvalue weighted by molar-refractivity contribution is -0.117. The van der Waals surface area contributed by atoms with E-state index in [9.17, 15) is 18.0 Å². The average molecular weight is 373 g/mol. The van der Waals surface area contributed by atoms with Crippen LogP contribution in [0.15, 0.2) is 53.4 Å². The van der Waals surface area contributed by atoms with Crippen molar-refractivity contribution >= 4 is 33.2 Å². The zero-order chi connectivity index (χ0) is 18.7. The topological polar surface area (TPSA) is 95.6 Å². The van der Waals surface area contributed by atoms with Gasteiger partial charge in [-0.05, 0) is 49.9 Å². The van der Waals surface area contributed by atoms with E-state index in [1.165, 1.54) is 31.3 Å². The van der Waals surface area contributed by atoms with Gasteiger partial charge in [-0.3, -0.25) is 9.59 Å². The number of hydrogen-bond donors (Lipinski definition) is 2. The molecule has 1 fully saturated rings. The van der Waals surface area contributed by atoms with Crippen LogP contribution in [0.2, 0.25) is 0 Å². The maximum absolute atomic E-state index is 12.5. The van der Waals surface area contributed by atoms with E-state index >= 15 is 0 Å². The highest BCUT2D eigenvalue weighted by Crippen LogP contribution is 2.24. The first-order valence-corrected chi connectivity index (χ1v) is 9.64. The van der Waals surface area contributed by atoms with Crippen molar-refractivity contribution in [3.63, 3.8) is 0 Å². The van der Waals surface area contributed by atoms with Crippen LogP contribution in [0.3, 0.4) is 0 Å². The van der Waals surface area contributed by atoms with Gasteiger partial charge in [0, 0.05) is 29.9 Å². The molecule has 2 N–H and O–H groups in total. The molecule has 7 nitrogen and oxygen atoms in total. The molecule has 0 spiro atoms. The fourth-order valence-electron chi connectivity index (χ4n) is 2.80. The number of nitrogens with one attached hydrogen (secondary N) is 2. The Morgan fingerprint density at radius 3 is 2.58 bits per heavy atom. The van der Waals surface area contributed by atoms with E-state index in [1.807, 2.05) is 6.07 Å². The Balaban J connectivity index is 1.80. The average Bonchev–Trinajstić information content (AvgIpc) is 3.08. The second kappa shape index (κ2) is 7.27. The first-order valence-electron chi connectivity index (χ1n) is 8.16. The fourth-order valence-corrected chi connectivity index (χ4v) is 3.57. The quantitative estimate of drug-likeness (QED) is 0.838. The summed E-state index contributed by atoms with van der Waals surface area (Å²) in [5.74, 6) is -0.360. The third kappa shape index (κ3) is 3.76. The van der Waals surface area contributed by atoms with Crippen LogP contribution in [0.4, 0.5) is 11.4 Å². The molecule has 8 heteroatoms. The Kier molecular flexibility index (Phi) is 5.06. The maximum atomic E-state index is 12.5. The number of benzene rings is 2. The van der Waals surface area contributed by atoms with Crippen LogP contribution in [0.1, 0.15) is 23.2 Å². The predicted molar refractivity (Wildman–Crippen MR) is 98.7 cm³/mol. The molecule has 0 atom stereocenters. The summed E-state index contributed by atoms with van der Waals surface area (Å²) in [7, 11) is -2.31. The lowest BCUT2D eigenvalue weighted by Gasteiger charge is -2.16. The van der Waals surface area contributed by atoms with Gasteiger partial charge in [0.15, 0.2) is 0 Å². The van der Waals surface area contributed by atoms with Crippen LogP contribution in [-0.4, -0.2) is 33.8 Å². The summed E-state index contributed by atoms with van der Waals surface area (Å²) < 4.78 is 26.0. The Labute approximate surface area is 152 Å². The van der Waals surface area contributed by atoms with Gasteiger partial charge in [0.25, 0.3) is 5.91 Å². The molecule has 0 aliphatic carbocycles. The summed E-state index contributed by atoms with van der Waals surface area (Å²) >= 11 is 0. The van der Waals surface area contributed by atoms with Crippen molar-refractivity contribution < 1.29 is 18.0 Å². The molecule has 0 bridgehead atoms. The number of rotatable bonds is 5. The highest BCUT2D eigenvalue weighted by atomic mass is 32.2. The zero-order valence-electron chi connectivity index (χ0n) is 14.2. The van der Waals surface area contributed by atoms with Gasteiger partial charge >= 0.3 is 0 Å². The summed E-state index contributed by atoms with van der Waals surface area (Å²) in [6, 6.07) is 12.8. The predicted octanol–water partition coefficient (Wildman–Crippen LogP) is 1.97. The molecule has 0 saturated carbocycles. The second-order valence-electron chi connectivity index (χ2n) is 5.89. The molecule has 136 valence electrons. The number of hydrogen-bond acceptors (Lipinski definition) is 4. The second-order valence-corrected chi connectivity index (χ2v) is 7.78. The molecule has 2 aromatic carbocycles. The van der Waals surface area contributed by atoms with Crippen molar-refractivity contribution in [2.45, 2.75) is 17.7 Å². The van der Waals surface area contributed by atoms with E-state index in [4.69, 9.17) is 0 Å². The van der Waals surface area contributed by atoms with Crippen molar-refractivity contribution in [2.75, 3.05) is 23.8 Å². The highest BCUT2D eigenvalue weighted by molar-refractivity contribution is 7.89. The molecule has 2 amide bonds. The number of amides is 2. The molecule has 3 rings (SSSR count). The summed E-state index contributed by atoms with van der Waals surface area (Å²) in [4.78, 5) is 26.0. The van der Waals surface area contributed by atoms with Gasteiger partial charge in [-0.1, -0.05) is 12.1 Å². The van der Waals surface area contributed by atoms with Gasteiger partial charge in [-0.2, -0.15) is 0 Å². The molecule has 1 saturated heterocycles. The van der Waals surface area contributed by atoms with Crippen LogP contribution in [-0.2, 0) is 14.8 Å². The van der Waals surface area contributed by atoms with E-state index < -0.39 is 15.9 Å². The van der Waals surface area contributed by atoms with Crippen molar-refractivity contribution in [3.8, 4) is 0 Å². The van der Waals surface area contributed by atoms with E-state index in [0.717, 1.165) is 12.1 Å². The van der Waals surface area contributed by atoms with E-state index in [0.29, 0.717) is 18.7 Å². The van der Waals surface area contributed by atoms with E-state index in [-0.39, 0.29) is 16.4 Å². The molecule has 2 aromatic rings. The monoisotopic (exact) mass is 373 g/mol. The Morgan fingerprint density at radius 2 is 1.88 bits per heavy atom. The van der Waals surface area contributed by atoms with Crippen molar-refractivity contribution in [3.05, 3.63) is 54.1 Å². The SMILES string of the molecule is CNS(=O)(=O)c1cccc(C(=O)Nc2cccc(N3CCCC3=O)c2)c1. The Morgan fingerprint density at radius 1 is 1.12 bits per heavy atom. The zero-order valence-corrected chi connectivity index (χ0v) is 15.0. The maximum Gasteiger partial charge on any atom is 0.255 e. The molecule has 0 aromatic heterocycles. The minimum Gasteiger partial charge on any atom is -0.322 e. The van der Waals surface area contributed by atoms with E-state index in [1.54, 1.807) is 23.1 Å². The third-order valence-corrected chi connectivity index (χ3v) is 5.58. The highest BCUT2D eigenvalue weighted by Gasteiger charge is 2.22. The van der Waals surface area contributed by atoms with Crippen LogP contribution in [0.25, 0.3) is 0 Å². The molecule has 1 aliphatic heterocycles. The molecule has 0 radical (unpaired) electrons. The standard InChI is InChI=1S/C18H19N3O4S/c1-19-26(24,25)16-8-2-5-13(11-16)18(23)20-14-6-3-7-15(12-14)21-10-4-9-17(21)22/h2-3,5-8,11-12,19H,4,9-10H2,1H3,(H,20,23).